The number of rotatable bonds is 5. The maximum atomic E-state index is 13.3. The summed E-state index contributed by atoms with van der Waals surface area (Å²) in [5.74, 6) is -0.418. The summed E-state index contributed by atoms with van der Waals surface area (Å²) in [5.41, 5.74) is -2.45. The summed E-state index contributed by atoms with van der Waals surface area (Å²) in [5, 5.41) is 10.7. The van der Waals surface area contributed by atoms with Crippen LogP contribution in [0.2, 0.25) is 0 Å². The van der Waals surface area contributed by atoms with Gasteiger partial charge in [-0.05, 0) is 42.3 Å². The van der Waals surface area contributed by atoms with Gasteiger partial charge in [0.15, 0.2) is 9.94 Å². The Labute approximate surface area is 187 Å². The molecule has 32 heavy (non-hydrogen) atoms. The fraction of sp³-hybridized carbons (Fsp3) is 0.182. The van der Waals surface area contributed by atoms with E-state index in [4.69, 9.17) is 4.42 Å². The summed E-state index contributed by atoms with van der Waals surface area (Å²) in [6.07, 6.45) is -4.31. The van der Waals surface area contributed by atoms with Gasteiger partial charge >= 0.3 is 11.8 Å². The molecule has 10 heteroatoms. The molecule has 0 unspecified atom stereocenters. The zero-order valence-electron chi connectivity index (χ0n) is 16.4. The number of benzene rings is 2. The Balaban J connectivity index is 1.63. The lowest BCUT2D eigenvalue weighted by atomic mass is 9.99. The monoisotopic (exact) mass is 481 g/mol. The maximum absolute atomic E-state index is 13.3. The minimum absolute atomic E-state index is 0.286. The normalized spacial score (nSPS) is 13.9. The van der Waals surface area contributed by atoms with Crippen LogP contribution in [0.4, 0.5) is 17.6 Å². The fourth-order valence-corrected chi connectivity index (χ4v) is 5.26. The summed E-state index contributed by atoms with van der Waals surface area (Å²) in [6, 6.07) is 12.1. The number of alkyl halides is 3. The van der Waals surface area contributed by atoms with E-state index in [0.29, 0.717) is 25.8 Å². The second kappa shape index (κ2) is 8.34. The highest BCUT2D eigenvalue weighted by atomic mass is 32.2. The van der Waals surface area contributed by atoms with Gasteiger partial charge in [-0.15, -0.1) is 11.3 Å². The minimum Gasteiger partial charge on any atom is -0.422 e. The molecule has 1 N–H and O–H groups in total. The third-order valence-corrected chi connectivity index (χ3v) is 7.15. The van der Waals surface area contributed by atoms with E-state index in [1.807, 2.05) is 0 Å². The number of nitrogens with zero attached hydrogens (tertiary/aromatic N) is 1. The van der Waals surface area contributed by atoms with Gasteiger partial charge in [0, 0.05) is 16.5 Å². The predicted molar refractivity (Wildman–Crippen MR) is 114 cm³/mol. The van der Waals surface area contributed by atoms with Crippen LogP contribution in [-0.4, -0.2) is 16.3 Å². The van der Waals surface area contributed by atoms with Gasteiger partial charge in [0.25, 0.3) is 0 Å². The molecule has 0 saturated heterocycles. The highest BCUT2D eigenvalue weighted by Gasteiger charge is 2.54. The number of halogens is 4. The molecule has 166 valence electrons. The lowest BCUT2D eigenvalue weighted by molar-refractivity contribution is -0.266. The number of aromatic nitrogens is 1. The Morgan fingerprint density at radius 2 is 1.84 bits per heavy atom. The number of hydrogen-bond acceptors (Lipinski definition) is 6. The molecule has 2 aromatic heterocycles. The largest absolute Gasteiger partial charge is 0.422 e. The highest BCUT2D eigenvalue weighted by molar-refractivity contribution is 8.01. The Hall–Kier alpha value is -2.69. The van der Waals surface area contributed by atoms with Crippen molar-refractivity contribution in [3.8, 4) is 11.1 Å². The molecule has 0 fully saturated rings. The number of hydrogen-bond donors (Lipinski definition) is 1. The average molecular weight is 481 g/mol. The first-order valence-electron chi connectivity index (χ1n) is 9.38. The molecule has 0 bridgehead atoms. The molecule has 2 aromatic carbocycles. The third-order valence-electron chi connectivity index (χ3n) is 4.94. The van der Waals surface area contributed by atoms with E-state index >= 15 is 0 Å². The molecule has 0 radical (unpaired) electrons. The molecule has 0 saturated carbocycles. The SMILES string of the molecule is CC[C@](O)(c1cnc(Sc2ccc3cc(-c4ccc(F)cc4)c(=O)oc3c2)s1)C(F)(F)F. The smallest absolute Gasteiger partial charge is 0.422 e. The van der Waals surface area contributed by atoms with E-state index in [1.165, 1.54) is 31.2 Å². The minimum atomic E-state index is -4.81. The van der Waals surface area contributed by atoms with Gasteiger partial charge in [0.2, 0.25) is 0 Å². The first kappa shape index (κ1) is 22.5. The summed E-state index contributed by atoms with van der Waals surface area (Å²) >= 11 is 1.85. The molecule has 0 aliphatic heterocycles. The first-order chi connectivity index (χ1) is 15.1. The van der Waals surface area contributed by atoms with Crippen LogP contribution < -0.4 is 5.63 Å². The molecular weight excluding hydrogens is 466 g/mol. The van der Waals surface area contributed by atoms with Crippen molar-refractivity contribution in [1.82, 2.24) is 4.98 Å². The molecule has 0 aliphatic rings. The van der Waals surface area contributed by atoms with E-state index in [2.05, 4.69) is 4.98 Å². The van der Waals surface area contributed by atoms with Gasteiger partial charge in [-0.1, -0.05) is 36.9 Å². The Morgan fingerprint density at radius 1 is 1.12 bits per heavy atom. The topological polar surface area (TPSA) is 63.3 Å². The van der Waals surface area contributed by atoms with Crippen LogP contribution in [0.5, 0.6) is 0 Å². The van der Waals surface area contributed by atoms with Crippen molar-refractivity contribution in [2.24, 2.45) is 0 Å². The van der Waals surface area contributed by atoms with Gasteiger partial charge in [-0.3, -0.25) is 0 Å². The van der Waals surface area contributed by atoms with Gasteiger partial charge in [0.05, 0.1) is 10.4 Å². The van der Waals surface area contributed by atoms with Crippen LogP contribution in [0.15, 0.2) is 73.2 Å². The molecule has 2 heterocycles. The summed E-state index contributed by atoms with van der Waals surface area (Å²) in [6.45, 7) is 1.26. The van der Waals surface area contributed by atoms with Gasteiger partial charge in [-0.2, -0.15) is 13.2 Å². The van der Waals surface area contributed by atoms with Crippen LogP contribution >= 0.6 is 23.1 Å². The second-order valence-electron chi connectivity index (χ2n) is 6.96. The Morgan fingerprint density at radius 3 is 2.50 bits per heavy atom. The zero-order chi connectivity index (χ0) is 23.1. The maximum Gasteiger partial charge on any atom is 0.422 e. The van der Waals surface area contributed by atoms with Crippen LogP contribution in [0, 0.1) is 5.82 Å². The van der Waals surface area contributed by atoms with Crippen molar-refractivity contribution in [3.05, 3.63) is 75.8 Å². The predicted octanol–water partition coefficient (Wildman–Crippen LogP) is 6.37. The molecule has 1 atom stereocenters. The highest BCUT2D eigenvalue weighted by Crippen LogP contribution is 2.45. The summed E-state index contributed by atoms with van der Waals surface area (Å²) in [4.78, 5) is 16.7. The number of fused-ring (bicyclic) bond motifs is 1. The van der Waals surface area contributed by atoms with Crippen molar-refractivity contribution >= 4 is 34.1 Å². The van der Waals surface area contributed by atoms with Gasteiger partial charge in [-0.25, -0.2) is 14.2 Å². The molecular formula is C22H15F4NO3S2. The van der Waals surface area contributed by atoms with E-state index in [9.17, 15) is 27.5 Å². The van der Waals surface area contributed by atoms with Crippen molar-refractivity contribution in [2.45, 2.75) is 34.4 Å². The van der Waals surface area contributed by atoms with Crippen molar-refractivity contribution in [3.63, 3.8) is 0 Å². The van der Waals surface area contributed by atoms with Gasteiger partial charge in [0.1, 0.15) is 11.4 Å². The van der Waals surface area contributed by atoms with Crippen LogP contribution in [0.1, 0.15) is 18.2 Å². The fourth-order valence-electron chi connectivity index (χ4n) is 3.10. The van der Waals surface area contributed by atoms with Gasteiger partial charge < -0.3 is 9.52 Å². The van der Waals surface area contributed by atoms with E-state index in [1.54, 1.807) is 24.3 Å². The lowest BCUT2D eigenvalue weighted by Gasteiger charge is -2.27. The zero-order valence-corrected chi connectivity index (χ0v) is 18.1. The second-order valence-corrected chi connectivity index (χ2v) is 9.31. The van der Waals surface area contributed by atoms with E-state index in [0.717, 1.165) is 29.3 Å². The van der Waals surface area contributed by atoms with E-state index in [-0.39, 0.29) is 10.4 Å². The standard InChI is InChI=1S/C22H15F4NO3S2/c1-2-21(29,22(24,25)26)18-11-27-20(32-18)31-15-8-5-13-9-16(19(28)30-17(13)10-15)12-3-6-14(23)7-4-12/h3-11,29H,2H2,1H3/t21-/m0/s1. The Bertz CT molecular complexity index is 1330. The third kappa shape index (κ3) is 4.17. The van der Waals surface area contributed by atoms with E-state index < -0.39 is 29.6 Å². The molecule has 4 rings (SSSR count). The lowest BCUT2D eigenvalue weighted by Crippen LogP contribution is -2.40. The number of aliphatic hydroxyl groups is 1. The quantitative estimate of drug-likeness (QED) is 0.265. The molecule has 0 spiro atoms. The van der Waals surface area contributed by atoms with Crippen molar-refractivity contribution in [1.29, 1.82) is 0 Å². The Kier molecular flexibility index (Phi) is 5.87. The van der Waals surface area contributed by atoms with Crippen LogP contribution in [0.25, 0.3) is 22.1 Å². The van der Waals surface area contributed by atoms with Crippen LogP contribution in [-0.2, 0) is 5.60 Å². The van der Waals surface area contributed by atoms with Crippen molar-refractivity contribution in [2.75, 3.05) is 0 Å². The average Bonchev–Trinajstić information content (AvgIpc) is 3.21. The molecule has 4 aromatic rings. The summed E-state index contributed by atoms with van der Waals surface area (Å²) in [7, 11) is 0. The molecule has 0 aliphatic carbocycles. The molecule has 4 nitrogen and oxygen atoms in total. The molecule has 0 amide bonds. The summed E-state index contributed by atoms with van der Waals surface area (Å²) < 4.78 is 58.7. The van der Waals surface area contributed by atoms with Crippen molar-refractivity contribution < 1.29 is 27.1 Å². The number of thiazole rings is 1. The first-order valence-corrected chi connectivity index (χ1v) is 11.0. The van der Waals surface area contributed by atoms with Crippen LogP contribution in [0.3, 0.4) is 0 Å².